The molecule has 0 saturated heterocycles. The van der Waals surface area contributed by atoms with Gasteiger partial charge in [-0.2, -0.15) is 18.5 Å². The molecule has 1 heterocycles. The topological polar surface area (TPSA) is 134 Å². The van der Waals surface area contributed by atoms with Gasteiger partial charge < -0.3 is 16.4 Å². The van der Waals surface area contributed by atoms with Gasteiger partial charge in [-0.3, -0.25) is 4.55 Å². The molecule has 5 N–H and O–H groups in total. The first-order chi connectivity index (χ1) is 7.20. The van der Waals surface area contributed by atoms with E-state index in [1.807, 2.05) is 0 Å². The third kappa shape index (κ3) is 3.06. The van der Waals surface area contributed by atoms with Crippen LogP contribution in [0.25, 0.3) is 0 Å². The van der Waals surface area contributed by atoms with Crippen LogP contribution in [-0.2, 0) is 14.7 Å². The molecule has 16 heavy (non-hydrogen) atoms. The highest BCUT2D eigenvalue weighted by atomic mass is 32.3. The molecule has 0 fully saturated rings. The lowest BCUT2D eigenvalue weighted by atomic mass is 10.4. The highest BCUT2D eigenvalue weighted by Crippen LogP contribution is 2.12. The van der Waals surface area contributed by atoms with Gasteiger partial charge in [-0.15, -0.1) is 4.28 Å². The van der Waals surface area contributed by atoms with E-state index >= 15 is 0 Å². The van der Waals surface area contributed by atoms with Gasteiger partial charge in [0.05, 0.1) is 0 Å². The minimum Gasteiger partial charge on any atom is -0.368 e. The molecule has 0 aromatic heterocycles. The van der Waals surface area contributed by atoms with Crippen LogP contribution in [0, 0.1) is 0 Å². The molecule has 0 spiro atoms. The quantitative estimate of drug-likeness (QED) is 0.492. The standard InChI is InChI=1S/C6H13N5O4S/c1-10(2)5-3-4(7)11(6(8)9-5)15-16(12,13)14/h3-4H,7H2,1-2H3,(H2,8,9)(H,12,13,14). The van der Waals surface area contributed by atoms with Crippen molar-refractivity contribution in [2.45, 2.75) is 6.17 Å². The van der Waals surface area contributed by atoms with E-state index in [9.17, 15) is 8.42 Å². The van der Waals surface area contributed by atoms with Crippen LogP contribution in [0.5, 0.6) is 0 Å². The van der Waals surface area contributed by atoms with Gasteiger partial charge >= 0.3 is 10.4 Å². The molecule has 0 radical (unpaired) electrons. The van der Waals surface area contributed by atoms with Crippen LogP contribution in [0.2, 0.25) is 0 Å². The van der Waals surface area contributed by atoms with Gasteiger partial charge in [0, 0.05) is 14.1 Å². The molecule has 1 rings (SSSR count). The van der Waals surface area contributed by atoms with Crippen molar-refractivity contribution in [2.24, 2.45) is 16.5 Å². The number of nitrogens with zero attached hydrogens (tertiary/aromatic N) is 3. The molecule has 0 aromatic carbocycles. The summed E-state index contributed by atoms with van der Waals surface area (Å²) < 4.78 is 33.6. The molecule has 0 amide bonds. The Morgan fingerprint density at radius 1 is 1.62 bits per heavy atom. The summed E-state index contributed by atoms with van der Waals surface area (Å²) in [5.41, 5.74) is 11.0. The van der Waals surface area contributed by atoms with Crippen LogP contribution < -0.4 is 11.5 Å². The van der Waals surface area contributed by atoms with Crippen LogP contribution in [0.1, 0.15) is 0 Å². The second kappa shape index (κ2) is 4.25. The summed E-state index contributed by atoms with van der Waals surface area (Å²) in [4.78, 5) is 5.46. The molecular weight excluding hydrogens is 238 g/mol. The zero-order valence-electron chi connectivity index (χ0n) is 8.73. The van der Waals surface area contributed by atoms with Gasteiger partial charge in [-0.05, 0) is 6.08 Å². The lowest BCUT2D eigenvalue weighted by Gasteiger charge is -2.29. The Kier molecular flexibility index (Phi) is 3.38. The van der Waals surface area contributed by atoms with E-state index in [-0.39, 0.29) is 5.96 Å². The molecule has 10 heteroatoms. The Hall–Kier alpha value is -1.36. The number of hydroxylamine groups is 2. The normalized spacial score (nSPS) is 21.5. The van der Waals surface area contributed by atoms with Crippen LogP contribution in [0.3, 0.4) is 0 Å². The van der Waals surface area contributed by atoms with Crippen molar-refractivity contribution in [3.8, 4) is 0 Å². The maximum Gasteiger partial charge on any atom is 0.418 e. The monoisotopic (exact) mass is 251 g/mol. The molecule has 1 aliphatic heterocycles. The summed E-state index contributed by atoms with van der Waals surface area (Å²) in [6, 6.07) is 0. The lowest BCUT2D eigenvalue weighted by molar-refractivity contribution is -0.0129. The molecule has 1 atom stereocenters. The first-order valence-corrected chi connectivity index (χ1v) is 5.52. The van der Waals surface area contributed by atoms with Crippen LogP contribution >= 0.6 is 0 Å². The predicted octanol–water partition coefficient (Wildman–Crippen LogP) is -1.96. The fourth-order valence-electron chi connectivity index (χ4n) is 1.02. The molecule has 0 bridgehead atoms. The number of hydrogen-bond acceptors (Lipinski definition) is 8. The number of guanidine groups is 1. The first kappa shape index (κ1) is 12.7. The fraction of sp³-hybridized carbons (Fsp3) is 0.500. The van der Waals surface area contributed by atoms with Gasteiger partial charge in [-0.1, -0.05) is 0 Å². The average molecular weight is 251 g/mol. The van der Waals surface area contributed by atoms with E-state index in [0.717, 1.165) is 0 Å². The number of nitrogens with two attached hydrogens (primary N) is 2. The van der Waals surface area contributed by atoms with Crippen molar-refractivity contribution >= 4 is 16.4 Å². The molecule has 0 saturated carbocycles. The summed E-state index contributed by atoms with van der Waals surface area (Å²) >= 11 is 0. The summed E-state index contributed by atoms with van der Waals surface area (Å²) in [5.74, 6) is 0.191. The van der Waals surface area contributed by atoms with Gasteiger partial charge in [0.25, 0.3) is 0 Å². The molecular formula is C6H13N5O4S. The smallest absolute Gasteiger partial charge is 0.368 e. The zero-order valence-corrected chi connectivity index (χ0v) is 9.55. The molecule has 1 unspecified atom stereocenters. The second-order valence-electron chi connectivity index (χ2n) is 3.21. The Bertz CT molecular complexity index is 428. The molecule has 9 nitrogen and oxygen atoms in total. The predicted molar refractivity (Wildman–Crippen MR) is 55.8 cm³/mol. The van der Waals surface area contributed by atoms with E-state index in [0.29, 0.717) is 10.9 Å². The van der Waals surface area contributed by atoms with Gasteiger partial charge in [0.2, 0.25) is 5.96 Å². The van der Waals surface area contributed by atoms with Crippen molar-refractivity contribution in [3.05, 3.63) is 11.9 Å². The van der Waals surface area contributed by atoms with Crippen LogP contribution in [0.4, 0.5) is 0 Å². The number of rotatable bonds is 3. The van der Waals surface area contributed by atoms with E-state index < -0.39 is 16.6 Å². The second-order valence-corrected chi connectivity index (χ2v) is 4.21. The summed E-state index contributed by atoms with van der Waals surface area (Å²) in [6.07, 6.45) is 0.457. The van der Waals surface area contributed by atoms with Crippen LogP contribution in [-0.4, -0.2) is 49.2 Å². The number of aliphatic imine (C=N–C) groups is 1. The Balaban J connectivity index is 2.92. The van der Waals surface area contributed by atoms with E-state index in [1.165, 1.54) is 6.08 Å². The minimum absolute atomic E-state index is 0.267. The van der Waals surface area contributed by atoms with E-state index in [4.69, 9.17) is 16.0 Å². The highest BCUT2D eigenvalue weighted by Gasteiger charge is 2.26. The van der Waals surface area contributed by atoms with Gasteiger partial charge in [0.1, 0.15) is 12.0 Å². The molecule has 92 valence electrons. The average Bonchev–Trinajstić information content (AvgIpc) is 2.09. The van der Waals surface area contributed by atoms with Crippen molar-refractivity contribution < 1.29 is 17.3 Å². The maximum absolute atomic E-state index is 10.5. The van der Waals surface area contributed by atoms with Crippen LogP contribution in [0.15, 0.2) is 16.9 Å². The largest absolute Gasteiger partial charge is 0.418 e. The Morgan fingerprint density at radius 3 is 2.56 bits per heavy atom. The number of hydrogen-bond donors (Lipinski definition) is 3. The summed E-state index contributed by atoms with van der Waals surface area (Å²) in [6.45, 7) is 0. The summed E-state index contributed by atoms with van der Waals surface area (Å²) in [5, 5.41) is 0.586. The zero-order chi connectivity index (χ0) is 12.5. The molecule has 1 aliphatic rings. The van der Waals surface area contributed by atoms with Gasteiger partial charge in [0.15, 0.2) is 0 Å². The minimum atomic E-state index is -4.69. The highest BCUT2D eigenvalue weighted by molar-refractivity contribution is 7.80. The molecule has 0 aliphatic carbocycles. The maximum atomic E-state index is 10.5. The van der Waals surface area contributed by atoms with Gasteiger partial charge in [-0.25, -0.2) is 0 Å². The van der Waals surface area contributed by atoms with Crippen molar-refractivity contribution in [1.29, 1.82) is 0 Å². The SMILES string of the molecule is CN(C)C1=CC(N)N(OS(=O)(=O)O)C(N)=N1. The third-order valence-corrected chi connectivity index (χ3v) is 2.03. The molecule has 0 aromatic rings. The first-order valence-electron chi connectivity index (χ1n) is 4.16. The Labute approximate surface area is 92.9 Å². The summed E-state index contributed by atoms with van der Waals surface area (Å²) in [7, 11) is -1.25. The van der Waals surface area contributed by atoms with E-state index in [1.54, 1.807) is 19.0 Å². The van der Waals surface area contributed by atoms with E-state index in [2.05, 4.69) is 9.28 Å². The lowest BCUT2D eigenvalue weighted by Crippen LogP contribution is -2.51. The Morgan fingerprint density at radius 2 is 2.19 bits per heavy atom. The fourth-order valence-corrected chi connectivity index (χ4v) is 1.39. The van der Waals surface area contributed by atoms with Crippen molar-refractivity contribution in [1.82, 2.24) is 9.96 Å². The van der Waals surface area contributed by atoms with Crippen molar-refractivity contribution in [2.75, 3.05) is 14.1 Å². The third-order valence-electron chi connectivity index (χ3n) is 1.68. The van der Waals surface area contributed by atoms with Crippen molar-refractivity contribution in [3.63, 3.8) is 0 Å².